The van der Waals surface area contributed by atoms with Gasteiger partial charge in [0.25, 0.3) is 11.5 Å². The van der Waals surface area contributed by atoms with Gasteiger partial charge in [-0.15, -0.1) is 11.3 Å². The molecule has 0 spiro atoms. The molecule has 1 aromatic carbocycles. The Balaban J connectivity index is 1.81. The van der Waals surface area contributed by atoms with Crippen LogP contribution in [0.25, 0.3) is 0 Å². The van der Waals surface area contributed by atoms with Crippen molar-refractivity contribution in [3.63, 3.8) is 0 Å². The summed E-state index contributed by atoms with van der Waals surface area (Å²) in [5.74, 6) is -0.514. The molecule has 2 N–H and O–H groups in total. The van der Waals surface area contributed by atoms with Gasteiger partial charge in [0.15, 0.2) is 0 Å². The van der Waals surface area contributed by atoms with Crippen molar-refractivity contribution in [2.45, 2.75) is 13.1 Å². The van der Waals surface area contributed by atoms with Crippen LogP contribution in [0.2, 0.25) is 0 Å². The number of H-pyrrole nitrogens is 1. The number of amides is 1. The zero-order valence-electron chi connectivity index (χ0n) is 12.7. The van der Waals surface area contributed by atoms with Gasteiger partial charge in [0.2, 0.25) is 0 Å². The van der Waals surface area contributed by atoms with Gasteiger partial charge in [-0.3, -0.25) is 14.2 Å². The predicted octanol–water partition coefficient (Wildman–Crippen LogP) is 1.58. The molecular formula is C17H15N3O3S. The summed E-state index contributed by atoms with van der Waals surface area (Å²) >= 11 is 1.44. The summed E-state index contributed by atoms with van der Waals surface area (Å²) in [5.41, 5.74) is -0.290. The van der Waals surface area contributed by atoms with E-state index in [1.807, 2.05) is 47.8 Å². The molecule has 0 radical (unpaired) electrons. The molecule has 0 atom stereocenters. The Morgan fingerprint density at radius 2 is 1.92 bits per heavy atom. The number of hydrogen-bond acceptors (Lipinski definition) is 4. The van der Waals surface area contributed by atoms with E-state index in [9.17, 15) is 14.4 Å². The molecule has 0 fully saturated rings. The highest BCUT2D eigenvalue weighted by atomic mass is 32.1. The molecule has 0 aliphatic heterocycles. The highest BCUT2D eigenvalue weighted by Crippen LogP contribution is 2.08. The van der Waals surface area contributed by atoms with Gasteiger partial charge in [0.1, 0.15) is 5.56 Å². The average Bonchev–Trinajstić information content (AvgIpc) is 3.11. The smallest absolute Gasteiger partial charge is 0.328 e. The standard InChI is InChI=1S/C17H15N3O3S/c21-15(18-9-12-5-2-1-3-6-12)14-10-19-17(23)20(16(14)22)11-13-7-4-8-24-13/h1-8,10H,9,11H2,(H,18,21)(H,19,23). The Labute approximate surface area is 141 Å². The summed E-state index contributed by atoms with van der Waals surface area (Å²) in [6.45, 7) is 0.453. The predicted molar refractivity (Wildman–Crippen MR) is 92.4 cm³/mol. The molecule has 122 valence electrons. The average molecular weight is 341 g/mol. The van der Waals surface area contributed by atoms with E-state index in [1.165, 1.54) is 11.3 Å². The Morgan fingerprint density at radius 3 is 2.62 bits per heavy atom. The van der Waals surface area contributed by atoms with Crippen LogP contribution in [0, 0.1) is 0 Å². The molecule has 6 nitrogen and oxygen atoms in total. The molecule has 2 aromatic heterocycles. The van der Waals surface area contributed by atoms with E-state index >= 15 is 0 Å². The minimum Gasteiger partial charge on any atom is -0.348 e. The molecule has 0 bridgehead atoms. The van der Waals surface area contributed by atoms with Crippen molar-refractivity contribution in [1.82, 2.24) is 14.9 Å². The maximum absolute atomic E-state index is 12.5. The van der Waals surface area contributed by atoms with Crippen LogP contribution in [0.5, 0.6) is 0 Å². The highest BCUT2D eigenvalue weighted by Gasteiger charge is 2.15. The van der Waals surface area contributed by atoms with Gasteiger partial charge in [-0.25, -0.2) is 4.79 Å². The Morgan fingerprint density at radius 1 is 1.12 bits per heavy atom. The fourth-order valence-corrected chi connectivity index (χ4v) is 2.94. The number of carbonyl (C=O) groups is 1. The van der Waals surface area contributed by atoms with Gasteiger partial charge in [-0.05, 0) is 17.0 Å². The number of thiophene rings is 1. The molecule has 3 rings (SSSR count). The van der Waals surface area contributed by atoms with Gasteiger partial charge in [-0.1, -0.05) is 36.4 Å². The van der Waals surface area contributed by atoms with E-state index < -0.39 is 17.2 Å². The van der Waals surface area contributed by atoms with Gasteiger partial charge in [-0.2, -0.15) is 0 Å². The molecular weight excluding hydrogens is 326 g/mol. The zero-order chi connectivity index (χ0) is 16.9. The molecule has 0 aliphatic carbocycles. The van der Waals surface area contributed by atoms with Crippen molar-refractivity contribution in [2.75, 3.05) is 0 Å². The lowest BCUT2D eigenvalue weighted by atomic mass is 10.2. The lowest BCUT2D eigenvalue weighted by molar-refractivity contribution is 0.0948. The van der Waals surface area contributed by atoms with E-state index in [1.54, 1.807) is 0 Å². The minimum atomic E-state index is -0.599. The summed E-state index contributed by atoms with van der Waals surface area (Å²) in [4.78, 5) is 39.9. The summed E-state index contributed by atoms with van der Waals surface area (Å²) in [5, 5.41) is 4.56. The van der Waals surface area contributed by atoms with Gasteiger partial charge >= 0.3 is 5.69 Å². The number of aromatic nitrogens is 2. The van der Waals surface area contributed by atoms with Crippen LogP contribution >= 0.6 is 11.3 Å². The number of carbonyl (C=O) groups excluding carboxylic acids is 1. The van der Waals surface area contributed by atoms with Crippen molar-refractivity contribution in [3.8, 4) is 0 Å². The number of nitrogens with one attached hydrogen (secondary N) is 2. The highest BCUT2D eigenvalue weighted by molar-refractivity contribution is 7.09. The third-order valence-electron chi connectivity index (χ3n) is 3.50. The second-order valence-corrected chi connectivity index (χ2v) is 6.18. The van der Waals surface area contributed by atoms with Crippen LogP contribution < -0.4 is 16.6 Å². The normalized spacial score (nSPS) is 10.5. The molecule has 1 amide bonds. The fourth-order valence-electron chi connectivity index (χ4n) is 2.25. The lowest BCUT2D eigenvalue weighted by Crippen LogP contribution is -2.40. The first-order chi connectivity index (χ1) is 11.6. The van der Waals surface area contributed by atoms with Crippen LogP contribution in [0.3, 0.4) is 0 Å². The van der Waals surface area contributed by atoms with Crippen LogP contribution in [-0.2, 0) is 13.1 Å². The number of benzene rings is 1. The first kappa shape index (κ1) is 15.9. The second kappa shape index (κ2) is 7.10. The molecule has 7 heteroatoms. The van der Waals surface area contributed by atoms with Crippen LogP contribution in [-0.4, -0.2) is 15.5 Å². The van der Waals surface area contributed by atoms with Crippen molar-refractivity contribution >= 4 is 17.2 Å². The maximum atomic E-state index is 12.5. The monoisotopic (exact) mass is 341 g/mol. The van der Waals surface area contributed by atoms with Crippen LogP contribution in [0.4, 0.5) is 0 Å². The Bertz CT molecular complexity index is 943. The second-order valence-electron chi connectivity index (χ2n) is 5.15. The van der Waals surface area contributed by atoms with Crippen molar-refractivity contribution in [1.29, 1.82) is 0 Å². The Kier molecular flexibility index (Phi) is 4.72. The number of nitrogens with zero attached hydrogens (tertiary/aromatic N) is 1. The van der Waals surface area contributed by atoms with Crippen molar-refractivity contribution in [2.24, 2.45) is 0 Å². The molecule has 2 heterocycles. The van der Waals surface area contributed by atoms with Gasteiger partial charge in [0, 0.05) is 17.6 Å². The fraction of sp³-hybridized carbons (Fsp3) is 0.118. The van der Waals surface area contributed by atoms with Crippen LogP contribution in [0.1, 0.15) is 20.8 Å². The van der Waals surface area contributed by atoms with E-state index in [0.717, 1.165) is 21.2 Å². The van der Waals surface area contributed by atoms with Gasteiger partial charge < -0.3 is 10.3 Å². The topological polar surface area (TPSA) is 84.0 Å². The van der Waals surface area contributed by atoms with Crippen molar-refractivity contribution < 1.29 is 4.79 Å². The summed E-state index contributed by atoms with van der Waals surface area (Å²) in [7, 11) is 0. The molecule has 0 saturated carbocycles. The van der Waals surface area contributed by atoms with Crippen LogP contribution in [0.15, 0.2) is 63.6 Å². The molecule has 0 aliphatic rings. The maximum Gasteiger partial charge on any atom is 0.328 e. The SMILES string of the molecule is O=C(NCc1ccccc1)c1c[nH]c(=O)n(Cc2cccs2)c1=O. The lowest BCUT2D eigenvalue weighted by Gasteiger charge is -2.07. The zero-order valence-corrected chi connectivity index (χ0v) is 13.5. The van der Waals surface area contributed by atoms with E-state index in [4.69, 9.17) is 0 Å². The molecule has 24 heavy (non-hydrogen) atoms. The quantitative estimate of drug-likeness (QED) is 0.739. The number of hydrogen-bond donors (Lipinski definition) is 2. The molecule has 3 aromatic rings. The van der Waals surface area contributed by atoms with E-state index in [2.05, 4.69) is 10.3 Å². The largest absolute Gasteiger partial charge is 0.348 e. The van der Waals surface area contributed by atoms with E-state index in [-0.39, 0.29) is 12.1 Å². The Hall–Kier alpha value is -2.93. The summed E-state index contributed by atoms with van der Waals surface area (Å²) in [6.07, 6.45) is 1.16. The third-order valence-corrected chi connectivity index (χ3v) is 4.36. The van der Waals surface area contributed by atoms with E-state index in [0.29, 0.717) is 6.54 Å². The third kappa shape index (κ3) is 3.52. The minimum absolute atomic E-state index is 0.0814. The molecule has 0 saturated heterocycles. The van der Waals surface area contributed by atoms with Gasteiger partial charge in [0.05, 0.1) is 6.54 Å². The first-order valence-corrected chi connectivity index (χ1v) is 8.20. The summed E-state index contributed by atoms with van der Waals surface area (Å²) < 4.78 is 1.03. The van der Waals surface area contributed by atoms with Crippen molar-refractivity contribution in [3.05, 3.63) is 90.9 Å². The molecule has 0 unspecified atom stereocenters. The first-order valence-electron chi connectivity index (χ1n) is 7.32. The number of aromatic amines is 1. The summed E-state index contributed by atoms with van der Waals surface area (Å²) in [6, 6.07) is 13.1. The number of rotatable bonds is 5.